The number of carbonyl (C=O) groups is 1. The number of carbonyl (C=O) groups excluding carboxylic acids is 1. The average molecular weight is 484 g/mol. The van der Waals surface area contributed by atoms with E-state index < -0.39 is 0 Å². The fraction of sp³-hybridized carbons (Fsp3) is 0.391. The normalized spacial score (nSPS) is 20.3. The zero-order valence-corrected chi connectivity index (χ0v) is 19.9. The molecule has 8 nitrogen and oxygen atoms in total. The molecule has 10 heteroatoms. The van der Waals surface area contributed by atoms with Gasteiger partial charge in [-0.2, -0.15) is 5.10 Å². The number of nitrogens with one attached hydrogen (secondary N) is 1. The molecule has 1 saturated heterocycles. The first-order valence-electron chi connectivity index (χ1n) is 11.0. The van der Waals surface area contributed by atoms with Crippen LogP contribution in [0.4, 0.5) is 5.13 Å². The molecule has 3 aromatic rings. The highest BCUT2D eigenvalue weighted by Crippen LogP contribution is 2.34. The fourth-order valence-corrected chi connectivity index (χ4v) is 5.51. The number of aryl methyl sites for hydroxylation is 1. The van der Waals surface area contributed by atoms with Crippen LogP contribution in [0.1, 0.15) is 42.2 Å². The molecular weight excluding hydrogens is 458 g/mol. The van der Waals surface area contributed by atoms with E-state index in [1.54, 1.807) is 11.3 Å². The third kappa shape index (κ3) is 5.29. The Morgan fingerprint density at radius 3 is 2.91 bits per heavy atom. The highest BCUT2D eigenvalue weighted by atomic mass is 32.2. The van der Waals surface area contributed by atoms with Crippen molar-refractivity contribution in [2.45, 2.75) is 42.7 Å². The van der Waals surface area contributed by atoms with E-state index >= 15 is 0 Å². The molecule has 4 heterocycles. The molecule has 1 amide bonds. The van der Waals surface area contributed by atoms with Gasteiger partial charge in [-0.25, -0.2) is 5.01 Å². The van der Waals surface area contributed by atoms with Gasteiger partial charge in [0.1, 0.15) is 11.8 Å². The second kappa shape index (κ2) is 10.1. The number of hydrogen-bond acceptors (Lipinski definition) is 9. The third-order valence-corrected chi connectivity index (χ3v) is 7.65. The van der Waals surface area contributed by atoms with Crippen LogP contribution in [0, 0.1) is 6.92 Å². The molecule has 2 aliphatic rings. The van der Waals surface area contributed by atoms with E-state index in [4.69, 9.17) is 9.15 Å². The molecule has 1 fully saturated rings. The summed E-state index contributed by atoms with van der Waals surface area (Å²) in [5.41, 5.74) is 3.09. The van der Waals surface area contributed by atoms with Crippen molar-refractivity contribution in [1.82, 2.24) is 15.2 Å². The number of thioether (sulfide) groups is 1. The number of nitrogens with zero attached hydrogens (tertiary/aromatic N) is 4. The standard InChI is InChI=1S/C23H25N5O3S2/c1-15-6-8-16(9-7-15)18-12-19(20-5-3-11-31-20)28(27-18)21(29)14-32-23-26-25-22(33-23)24-13-17-4-2-10-30-17/h3,5-9,11,17,19H,2,4,10,12-14H2,1H3,(H,24,25)/t17-,19-/m1/s1. The maximum absolute atomic E-state index is 13.1. The van der Waals surface area contributed by atoms with Gasteiger partial charge in [0.25, 0.3) is 5.91 Å². The molecule has 2 atom stereocenters. The van der Waals surface area contributed by atoms with E-state index in [2.05, 4.69) is 39.7 Å². The van der Waals surface area contributed by atoms with Crippen LogP contribution in [0.2, 0.25) is 0 Å². The molecule has 0 bridgehead atoms. The first-order valence-corrected chi connectivity index (χ1v) is 12.8. The predicted octanol–water partition coefficient (Wildman–Crippen LogP) is 4.50. The Bertz CT molecular complexity index is 1110. The maximum atomic E-state index is 13.1. The van der Waals surface area contributed by atoms with Crippen LogP contribution in [0.15, 0.2) is 56.5 Å². The van der Waals surface area contributed by atoms with Gasteiger partial charge in [0.15, 0.2) is 4.34 Å². The molecule has 0 spiro atoms. The Balaban J connectivity index is 1.23. The summed E-state index contributed by atoms with van der Waals surface area (Å²) >= 11 is 2.82. The summed E-state index contributed by atoms with van der Waals surface area (Å²) in [6.45, 7) is 3.61. The minimum absolute atomic E-state index is 0.0902. The van der Waals surface area contributed by atoms with E-state index in [0.717, 1.165) is 52.5 Å². The summed E-state index contributed by atoms with van der Waals surface area (Å²) in [5.74, 6) is 0.866. The second-order valence-electron chi connectivity index (χ2n) is 8.06. The van der Waals surface area contributed by atoms with Gasteiger partial charge in [-0.1, -0.05) is 52.9 Å². The molecule has 33 heavy (non-hydrogen) atoms. The summed E-state index contributed by atoms with van der Waals surface area (Å²) in [6.07, 6.45) is 4.65. The Hall–Kier alpha value is -2.69. The minimum Gasteiger partial charge on any atom is -0.467 e. The molecule has 2 aromatic heterocycles. The second-order valence-corrected chi connectivity index (χ2v) is 10.3. The summed E-state index contributed by atoms with van der Waals surface area (Å²) in [7, 11) is 0. The fourth-order valence-electron chi connectivity index (χ4n) is 3.90. The number of rotatable bonds is 8. The van der Waals surface area contributed by atoms with E-state index in [1.165, 1.54) is 28.7 Å². The van der Waals surface area contributed by atoms with Crippen LogP contribution in [-0.2, 0) is 9.53 Å². The van der Waals surface area contributed by atoms with Crippen molar-refractivity contribution in [2.24, 2.45) is 5.10 Å². The molecule has 0 aliphatic carbocycles. The quantitative estimate of drug-likeness (QED) is 0.472. The lowest BCUT2D eigenvalue weighted by Gasteiger charge is -2.19. The highest BCUT2D eigenvalue weighted by molar-refractivity contribution is 8.01. The Morgan fingerprint density at radius 2 is 2.15 bits per heavy atom. The molecule has 0 unspecified atom stereocenters. The summed E-state index contributed by atoms with van der Waals surface area (Å²) in [6, 6.07) is 11.7. The lowest BCUT2D eigenvalue weighted by atomic mass is 10.0. The van der Waals surface area contributed by atoms with E-state index in [9.17, 15) is 4.79 Å². The van der Waals surface area contributed by atoms with Gasteiger partial charge in [0.2, 0.25) is 5.13 Å². The summed E-state index contributed by atoms with van der Waals surface area (Å²) in [5, 5.41) is 18.6. The van der Waals surface area contributed by atoms with Crippen molar-refractivity contribution in [3.8, 4) is 0 Å². The largest absolute Gasteiger partial charge is 0.467 e. The molecule has 0 radical (unpaired) electrons. The Kier molecular flexibility index (Phi) is 6.75. The summed E-state index contributed by atoms with van der Waals surface area (Å²) in [4.78, 5) is 13.1. The van der Waals surface area contributed by atoms with Gasteiger partial charge in [0.05, 0.1) is 23.8 Å². The number of amides is 1. The number of furan rings is 1. The topological polar surface area (TPSA) is 92.9 Å². The van der Waals surface area contributed by atoms with Gasteiger partial charge in [-0.05, 0) is 37.5 Å². The van der Waals surface area contributed by atoms with Crippen LogP contribution in [0.25, 0.3) is 0 Å². The molecule has 1 N–H and O–H groups in total. The number of hydrogen-bond donors (Lipinski definition) is 1. The lowest BCUT2D eigenvalue weighted by Crippen LogP contribution is -2.28. The van der Waals surface area contributed by atoms with Crippen molar-refractivity contribution >= 4 is 39.8 Å². The van der Waals surface area contributed by atoms with Crippen LogP contribution in [0.5, 0.6) is 0 Å². The minimum atomic E-state index is -0.248. The van der Waals surface area contributed by atoms with E-state index in [0.29, 0.717) is 6.42 Å². The number of hydrazone groups is 1. The smallest absolute Gasteiger partial charge is 0.253 e. The summed E-state index contributed by atoms with van der Waals surface area (Å²) < 4.78 is 12.0. The molecule has 2 aliphatic heterocycles. The van der Waals surface area contributed by atoms with Gasteiger partial charge in [-0.3, -0.25) is 4.79 Å². The number of anilines is 1. The lowest BCUT2D eigenvalue weighted by molar-refractivity contribution is -0.130. The van der Waals surface area contributed by atoms with Gasteiger partial charge >= 0.3 is 0 Å². The molecule has 0 saturated carbocycles. The highest BCUT2D eigenvalue weighted by Gasteiger charge is 2.34. The number of aromatic nitrogens is 2. The predicted molar refractivity (Wildman–Crippen MR) is 129 cm³/mol. The van der Waals surface area contributed by atoms with Crippen LogP contribution < -0.4 is 5.32 Å². The monoisotopic (exact) mass is 483 g/mol. The van der Waals surface area contributed by atoms with Crippen molar-refractivity contribution < 1.29 is 13.9 Å². The van der Waals surface area contributed by atoms with E-state index in [1.807, 2.05) is 24.3 Å². The van der Waals surface area contributed by atoms with Crippen LogP contribution in [0.3, 0.4) is 0 Å². The van der Waals surface area contributed by atoms with Crippen molar-refractivity contribution in [2.75, 3.05) is 24.2 Å². The van der Waals surface area contributed by atoms with Crippen LogP contribution >= 0.6 is 23.1 Å². The first-order chi connectivity index (χ1) is 16.2. The number of benzene rings is 1. The molecule has 5 rings (SSSR count). The van der Waals surface area contributed by atoms with E-state index in [-0.39, 0.29) is 23.8 Å². The van der Waals surface area contributed by atoms with Gasteiger partial charge in [-0.15, -0.1) is 10.2 Å². The first kappa shape index (κ1) is 22.1. The zero-order chi connectivity index (χ0) is 22.6. The average Bonchev–Trinajstić information content (AvgIpc) is 3.62. The Morgan fingerprint density at radius 1 is 1.27 bits per heavy atom. The number of ether oxygens (including phenoxy) is 1. The van der Waals surface area contributed by atoms with Gasteiger partial charge < -0.3 is 14.5 Å². The third-order valence-electron chi connectivity index (χ3n) is 5.65. The van der Waals surface area contributed by atoms with Crippen molar-refractivity contribution in [1.29, 1.82) is 0 Å². The zero-order valence-electron chi connectivity index (χ0n) is 18.3. The van der Waals surface area contributed by atoms with Crippen molar-refractivity contribution in [3.05, 3.63) is 59.5 Å². The Labute approximate surface area is 200 Å². The van der Waals surface area contributed by atoms with Gasteiger partial charge in [0, 0.05) is 19.6 Å². The van der Waals surface area contributed by atoms with Crippen LogP contribution in [-0.4, -0.2) is 51.8 Å². The molecule has 172 valence electrons. The SMILES string of the molecule is Cc1ccc(C2=NN(C(=O)CSc3nnc(NC[C@H]4CCCO4)s3)[C@@H](c3ccco3)C2)cc1. The molecular formula is C23H25N5O3S2. The maximum Gasteiger partial charge on any atom is 0.253 e. The van der Waals surface area contributed by atoms with Crippen molar-refractivity contribution in [3.63, 3.8) is 0 Å². The molecule has 1 aromatic carbocycles.